The van der Waals surface area contributed by atoms with E-state index in [0.29, 0.717) is 6.41 Å². The van der Waals surface area contributed by atoms with Gasteiger partial charge in [0.25, 0.3) is 0 Å². The fourth-order valence-corrected chi connectivity index (χ4v) is 3.32. The van der Waals surface area contributed by atoms with Crippen LogP contribution in [0.2, 0.25) is 10.0 Å². The average Bonchev–Trinajstić information content (AvgIpc) is 2.55. The Hall–Kier alpha value is -1.40. The maximum Gasteiger partial charge on any atom is 0.221 e. The summed E-state index contributed by atoms with van der Waals surface area (Å²) in [5, 5.41) is 4.71. The second-order valence-corrected chi connectivity index (χ2v) is 5.83. The third-order valence-electron chi connectivity index (χ3n) is 2.63. The van der Waals surface area contributed by atoms with Crippen LogP contribution >= 0.6 is 35.0 Å². The highest BCUT2D eigenvalue weighted by Crippen LogP contribution is 2.36. The molecular formula is C15H17Cl2N3OS. The van der Waals surface area contributed by atoms with E-state index in [-0.39, 0.29) is 0 Å². The van der Waals surface area contributed by atoms with Gasteiger partial charge in [-0.2, -0.15) is 0 Å². The molecule has 2 rings (SSSR count). The molecule has 0 radical (unpaired) electrons. The number of nitrogens with two attached hydrogens (primary N) is 1. The van der Waals surface area contributed by atoms with E-state index in [9.17, 15) is 0 Å². The molecule has 2 aromatic rings. The van der Waals surface area contributed by atoms with Gasteiger partial charge in [-0.15, -0.1) is 11.8 Å². The first-order valence-electron chi connectivity index (χ1n) is 6.36. The van der Waals surface area contributed by atoms with Crippen LogP contribution < -0.4 is 16.6 Å². The number of halogens is 2. The Balaban J connectivity index is 0.000000541. The van der Waals surface area contributed by atoms with Gasteiger partial charge in [-0.3, -0.25) is 10.2 Å². The minimum atomic E-state index is 0.403. The first-order chi connectivity index (χ1) is 10.6. The van der Waals surface area contributed by atoms with E-state index in [4.69, 9.17) is 28.0 Å². The van der Waals surface area contributed by atoms with Gasteiger partial charge in [-0.1, -0.05) is 47.5 Å². The fourth-order valence-electron chi connectivity index (χ4n) is 1.62. The van der Waals surface area contributed by atoms with Crippen molar-refractivity contribution >= 4 is 47.1 Å². The predicted molar refractivity (Wildman–Crippen MR) is 95.4 cm³/mol. The van der Waals surface area contributed by atoms with Crippen molar-refractivity contribution < 1.29 is 4.79 Å². The second kappa shape index (κ2) is 10.3. The first-order valence-corrected chi connectivity index (χ1v) is 8.10. The van der Waals surface area contributed by atoms with E-state index in [2.05, 4.69) is 11.2 Å². The van der Waals surface area contributed by atoms with Gasteiger partial charge in [0.2, 0.25) is 6.41 Å². The van der Waals surface area contributed by atoms with Crippen molar-refractivity contribution in [2.75, 3.05) is 12.4 Å². The zero-order chi connectivity index (χ0) is 16.4. The Labute approximate surface area is 144 Å². The summed E-state index contributed by atoms with van der Waals surface area (Å²) in [7, 11) is 1.89. The van der Waals surface area contributed by atoms with Crippen molar-refractivity contribution in [1.29, 1.82) is 0 Å². The van der Waals surface area contributed by atoms with Crippen LogP contribution in [0.5, 0.6) is 0 Å². The lowest BCUT2D eigenvalue weighted by molar-refractivity contribution is -0.109. The number of rotatable bonds is 5. The molecule has 0 spiro atoms. The number of carbonyl (C=O) groups is 1. The van der Waals surface area contributed by atoms with Crippen LogP contribution in [0.3, 0.4) is 0 Å². The van der Waals surface area contributed by atoms with Gasteiger partial charge in [0.15, 0.2) is 0 Å². The number of nitrogens with one attached hydrogen (secondary N) is 2. The number of amides is 1. The summed E-state index contributed by atoms with van der Waals surface area (Å²) in [5.41, 5.74) is 3.91. The van der Waals surface area contributed by atoms with Gasteiger partial charge in [0.05, 0.1) is 5.02 Å². The Bertz CT molecular complexity index is 611. The normalized spacial score (nSPS) is 9.45. The highest BCUT2D eigenvalue weighted by molar-refractivity contribution is 7.98. The number of thioether (sulfide) groups is 1. The molecule has 0 aliphatic heterocycles. The number of benzene rings is 2. The lowest BCUT2D eigenvalue weighted by Crippen LogP contribution is -2.18. The Morgan fingerprint density at radius 1 is 1.14 bits per heavy atom. The molecule has 4 nitrogen and oxygen atoms in total. The molecule has 0 saturated heterocycles. The van der Waals surface area contributed by atoms with Crippen molar-refractivity contribution in [3.63, 3.8) is 0 Å². The van der Waals surface area contributed by atoms with Crippen LogP contribution in [0.25, 0.3) is 0 Å². The maximum absolute atomic E-state index is 8.94. The number of anilines is 1. The van der Waals surface area contributed by atoms with Gasteiger partial charge in [0.1, 0.15) is 0 Å². The summed E-state index contributed by atoms with van der Waals surface area (Å²) in [5.74, 6) is 5.21. The lowest BCUT2D eigenvalue weighted by Gasteiger charge is -2.11. The zero-order valence-electron chi connectivity index (χ0n) is 12.0. The molecule has 2 aromatic carbocycles. The van der Waals surface area contributed by atoms with E-state index in [0.717, 1.165) is 31.9 Å². The summed E-state index contributed by atoms with van der Waals surface area (Å²) in [6.07, 6.45) is 0.403. The molecule has 22 heavy (non-hydrogen) atoms. The smallest absolute Gasteiger partial charge is 0.221 e. The maximum atomic E-state index is 8.94. The molecule has 1 amide bonds. The molecule has 0 atom stereocenters. The lowest BCUT2D eigenvalue weighted by atomic mass is 10.2. The topological polar surface area (TPSA) is 67.2 Å². The second-order valence-electron chi connectivity index (χ2n) is 4.03. The molecule has 7 heteroatoms. The Kier molecular flexibility index (Phi) is 8.77. The molecule has 0 unspecified atom stereocenters. The largest absolute Gasteiger partial charge is 0.387 e. The third kappa shape index (κ3) is 5.77. The molecule has 4 N–H and O–H groups in total. The van der Waals surface area contributed by atoms with Crippen LogP contribution in [-0.2, 0) is 10.5 Å². The van der Waals surface area contributed by atoms with Gasteiger partial charge >= 0.3 is 0 Å². The molecule has 0 aromatic heterocycles. The summed E-state index contributed by atoms with van der Waals surface area (Å²) < 4.78 is 0. The fraction of sp³-hybridized carbons (Fsp3) is 0.133. The summed E-state index contributed by atoms with van der Waals surface area (Å²) in [6, 6.07) is 13.7. The van der Waals surface area contributed by atoms with Crippen molar-refractivity contribution in [3.05, 3.63) is 58.1 Å². The van der Waals surface area contributed by atoms with Crippen LogP contribution in [0.1, 0.15) is 5.56 Å². The molecule has 0 aliphatic carbocycles. The molecule has 0 aliphatic rings. The number of hydrogen-bond donors (Lipinski definition) is 3. The third-order valence-corrected chi connectivity index (χ3v) is 4.61. The molecule has 0 heterocycles. The average molecular weight is 358 g/mol. The van der Waals surface area contributed by atoms with E-state index >= 15 is 0 Å². The van der Waals surface area contributed by atoms with Crippen LogP contribution in [0, 0.1) is 0 Å². The number of hydrazine groups is 1. The summed E-state index contributed by atoms with van der Waals surface area (Å²) in [4.78, 5) is 9.99. The number of hydrogen-bond acceptors (Lipinski definition) is 4. The standard InChI is InChI=1S/C14H13Cl2NS.CH4N2O/c1-17-13-8-4-7-12(16)14(13)18-9-10-5-2-3-6-11(10)15;2-3-1-4/h2-8,17H,9H2,1H3;1H,2H2,(H,3,4). The zero-order valence-corrected chi connectivity index (χ0v) is 14.3. The van der Waals surface area contributed by atoms with Gasteiger partial charge in [-0.05, 0) is 23.8 Å². The van der Waals surface area contributed by atoms with Crippen molar-refractivity contribution in [1.82, 2.24) is 5.43 Å². The van der Waals surface area contributed by atoms with Gasteiger partial charge in [-0.25, -0.2) is 5.84 Å². The van der Waals surface area contributed by atoms with E-state index in [1.54, 1.807) is 17.2 Å². The van der Waals surface area contributed by atoms with Crippen molar-refractivity contribution in [2.45, 2.75) is 10.6 Å². The van der Waals surface area contributed by atoms with Crippen LogP contribution in [0.15, 0.2) is 47.4 Å². The summed E-state index contributed by atoms with van der Waals surface area (Å²) >= 11 is 14.0. The van der Waals surface area contributed by atoms with E-state index < -0.39 is 0 Å². The first kappa shape index (κ1) is 18.6. The number of carbonyl (C=O) groups excluding carboxylic acids is 1. The minimum Gasteiger partial charge on any atom is -0.387 e. The summed E-state index contributed by atoms with van der Waals surface area (Å²) in [6.45, 7) is 0. The van der Waals surface area contributed by atoms with Gasteiger partial charge < -0.3 is 5.32 Å². The SMILES string of the molecule is CNc1cccc(Cl)c1SCc1ccccc1Cl.NNC=O. The molecule has 118 valence electrons. The molecule has 0 saturated carbocycles. The van der Waals surface area contributed by atoms with Crippen LogP contribution in [0.4, 0.5) is 5.69 Å². The predicted octanol–water partition coefficient (Wildman–Crippen LogP) is 3.93. The molecule has 0 fully saturated rings. The Morgan fingerprint density at radius 3 is 2.36 bits per heavy atom. The van der Waals surface area contributed by atoms with E-state index in [1.807, 2.05) is 49.5 Å². The van der Waals surface area contributed by atoms with Crippen molar-refractivity contribution in [2.24, 2.45) is 5.84 Å². The highest BCUT2D eigenvalue weighted by atomic mass is 35.5. The quantitative estimate of drug-likeness (QED) is 0.249. The molecule has 0 bridgehead atoms. The minimum absolute atomic E-state index is 0.403. The van der Waals surface area contributed by atoms with Crippen molar-refractivity contribution in [3.8, 4) is 0 Å². The highest BCUT2D eigenvalue weighted by Gasteiger charge is 2.08. The van der Waals surface area contributed by atoms with Gasteiger partial charge in [0, 0.05) is 28.4 Å². The van der Waals surface area contributed by atoms with Crippen LogP contribution in [-0.4, -0.2) is 13.5 Å². The molecular weight excluding hydrogens is 341 g/mol. The monoisotopic (exact) mass is 357 g/mol. The van der Waals surface area contributed by atoms with E-state index in [1.165, 1.54) is 0 Å². The Morgan fingerprint density at radius 2 is 1.77 bits per heavy atom.